The molecule has 0 aliphatic carbocycles. The smallest absolute Gasteiger partial charge is 0.251 e. The lowest BCUT2D eigenvalue weighted by Crippen LogP contribution is -2.38. The van der Waals surface area contributed by atoms with Crippen molar-refractivity contribution in [1.29, 1.82) is 0 Å². The van der Waals surface area contributed by atoms with E-state index in [0.717, 1.165) is 5.56 Å². The summed E-state index contributed by atoms with van der Waals surface area (Å²) >= 11 is 0. The number of nitrogens with zero attached hydrogens (tertiary/aromatic N) is 1. The van der Waals surface area contributed by atoms with Crippen LogP contribution in [0.15, 0.2) is 48.5 Å². The Bertz CT molecular complexity index is 759. The zero-order valence-corrected chi connectivity index (χ0v) is 13.9. The van der Waals surface area contributed by atoms with E-state index in [-0.39, 0.29) is 24.1 Å². The summed E-state index contributed by atoms with van der Waals surface area (Å²) in [6, 6.07) is 12.3. The van der Waals surface area contributed by atoms with Gasteiger partial charge in [0.15, 0.2) is 0 Å². The van der Waals surface area contributed by atoms with Crippen LogP contribution in [0.2, 0.25) is 0 Å². The highest BCUT2D eigenvalue weighted by Gasteiger charge is 2.39. The van der Waals surface area contributed by atoms with Crippen LogP contribution in [-0.2, 0) is 16.1 Å². The molecule has 0 saturated carbocycles. The Kier molecular flexibility index (Phi) is 5.09. The summed E-state index contributed by atoms with van der Waals surface area (Å²) in [7, 11) is 0. The normalized spacial score (nSPS) is 17.2. The quantitative estimate of drug-likeness (QED) is 0.820. The number of ether oxygens (including phenoxy) is 1. The molecule has 6 heteroatoms. The van der Waals surface area contributed by atoms with Gasteiger partial charge in [-0.3, -0.25) is 9.59 Å². The molecule has 1 fully saturated rings. The second-order valence-electron chi connectivity index (χ2n) is 5.76. The molecule has 1 heterocycles. The van der Waals surface area contributed by atoms with Gasteiger partial charge in [0, 0.05) is 6.54 Å². The molecule has 1 atom stereocenters. The Balaban J connectivity index is 1.66. The van der Waals surface area contributed by atoms with E-state index in [1.165, 1.54) is 17.0 Å². The number of carbonyl (C=O) groups is 2. The molecule has 0 bridgehead atoms. The maximum atomic E-state index is 12.9. The fourth-order valence-corrected chi connectivity index (χ4v) is 2.76. The van der Waals surface area contributed by atoms with E-state index < -0.39 is 6.04 Å². The zero-order chi connectivity index (χ0) is 17.8. The zero-order valence-electron chi connectivity index (χ0n) is 13.9. The van der Waals surface area contributed by atoms with Crippen molar-refractivity contribution in [3.05, 3.63) is 59.9 Å². The average molecular weight is 342 g/mol. The predicted octanol–water partition coefficient (Wildman–Crippen LogP) is 2.65. The first-order valence-electron chi connectivity index (χ1n) is 8.16. The van der Waals surface area contributed by atoms with Gasteiger partial charge in [0.2, 0.25) is 5.91 Å². The number of nitrogens with one attached hydrogen (secondary N) is 1. The molecule has 1 saturated heterocycles. The third-order valence-corrected chi connectivity index (χ3v) is 4.02. The molecule has 1 N–H and O–H groups in total. The molecule has 3 rings (SSSR count). The van der Waals surface area contributed by atoms with Gasteiger partial charge in [0.1, 0.15) is 11.6 Å². The van der Waals surface area contributed by atoms with Crippen molar-refractivity contribution in [3.63, 3.8) is 0 Å². The molecule has 1 aliphatic rings. The number of amides is 2. The number of imide groups is 1. The van der Waals surface area contributed by atoms with Crippen LogP contribution in [-0.4, -0.2) is 24.5 Å². The number of rotatable bonds is 6. The Morgan fingerprint density at radius 3 is 2.44 bits per heavy atom. The van der Waals surface area contributed by atoms with E-state index in [2.05, 4.69) is 5.32 Å². The van der Waals surface area contributed by atoms with Crippen molar-refractivity contribution < 1.29 is 18.7 Å². The number of hydrogen-bond donors (Lipinski definition) is 1. The summed E-state index contributed by atoms with van der Waals surface area (Å²) in [5.74, 6) is -0.143. The summed E-state index contributed by atoms with van der Waals surface area (Å²) in [6.45, 7) is 2.83. The van der Waals surface area contributed by atoms with Gasteiger partial charge in [0.25, 0.3) is 5.91 Å². The van der Waals surface area contributed by atoms with Crippen LogP contribution in [0.3, 0.4) is 0 Å². The standard InChI is InChI=1S/C19H19FN2O3/c1-2-25-16-9-7-15(8-10-16)22-18(23)11-17(19(22)24)21-12-13-3-5-14(20)6-4-13/h3-10,17,21H,2,11-12H2,1H3/t17-/m0/s1. The van der Waals surface area contributed by atoms with Crippen molar-refractivity contribution in [2.75, 3.05) is 11.5 Å². The number of carbonyl (C=O) groups excluding carboxylic acids is 2. The Labute approximate surface area is 145 Å². The first kappa shape index (κ1) is 17.1. The van der Waals surface area contributed by atoms with Crippen LogP contribution in [0, 0.1) is 5.82 Å². The van der Waals surface area contributed by atoms with Gasteiger partial charge >= 0.3 is 0 Å². The molecule has 2 aromatic carbocycles. The molecular weight excluding hydrogens is 323 g/mol. The third kappa shape index (κ3) is 3.85. The van der Waals surface area contributed by atoms with E-state index in [4.69, 9.17) is 4.74 Å². The topological polar surface area (TPSA) is 58.6 Å². The van der Waals surface area contributed by atoms with Gasteiger partial charge < -0.3 is 10.1 Å². The molecule has 5 nitrogen and oxygen atoms in total. The first-order valence-corrected chi connectivity index (χ1v) is 8.16. The summed E-state index contributed by atoms with van der Waals surface area (Å²) < 4.78 is 18.3. The van der Waals surface area contributed by atoms with Crippen LogP contribution in [0.1, 0.15) is 18.9 Å². The van der Waals surface area contributed by atoms with E-state index >= 15 is 0 Å². The largest absolute Gasteiger partial charge is 0.494 e. The number of anilines is 1. The highest BCUT2D eigenvalue weighted by atomic mass is 19.1. The summed E-state index contributed by atoms with van der Waals surface area (Å²) in [5.41, 5.74) is 1.38. The van der Waals surface area contributed by atoms with Crippen molar-refractivity contribution in [2.45, 2.75) is 25.9 Å². The molecule has 0 radical (unpaired) electrons. The lowest BCUT2D eigenvalue weighted by Gasteiger charge is -2.16. The van der Waals surface area contributed by atoms with Gasteiger partial charge in [0.05, 0.1) is 24.8 Å². The lowest BCUT2D eigenvalue weighted by molar-refractivity contribution is -0.121. The minimum atomic E-state index is -0.580. The molecule has 0 aromatic heterocycles. The number of benzene rings is 2. The van der Waals surface area contributed by atoms with Crippen LogP contribution in [0.5, 0.6) is 5.75 Å². The summed E-state index contributed by atoms with van der Waals surface area (Å²) in [5, 5.41) is 3.07. The molecular formula is C19H19FN2O3. The molecule has 2 aromatic rings. The SMILES string of the molecule is CCOc1ccc(N2C(=O)C[C@H](NCc3ccc(F)cc3)C2=O)cc1. The maximum Gasteiger partial charge on any atom is 0.251 e. The van der Waals surface area contributed by atoms with E-state index in [0.29, 0.717) is 24.6 Å². The average Bonchev–Trinajstić information content (AvgIpc) is 2.89. The van der Waals surface area contributed by atoms with Crippen molar-refractivity contribution in [1.82, 2.24) is 5.32 Å². The van der Waals surface area contributed by atoms with Gasteiger partial charge in [-0.05, 0) is 48.9 Å². The minimum Gasteiger partial charge on any atom is -0.494 e. The van der Waals surface area contributed by atoms with E-state index in [1.54, 1.807) is 36.4 Å². The monoisotopic (exact) mass is 342 g/mol. The van der Waals surface area contributed by atoms with Gasteiger partial charge in [-0.25, -0.2) is 9.29 Å². The Morgan fingerprint density at radius 2 is 1.80 bits per heavy atom. The molecule has 0 unspecified atom stereocenters. The lowest BCUT2D eigenvalue weighted by atomic mass is 10.2. The van der Waals surface area contributed by atoms with Gasteiger partial charge in [-0.2, -0.15) is 0 Å². The minimum absolute atomic E-state index is 0.104. The van der Waals surface area contributed by atoms with Crippen molar-refractivity contribution in [3.8, 4) is 5.75 Å². The molecule has 25 heavy (non-hydrogen) atoms. The molecule has 1 aliphatic heterocycles. The fraction of sp³-hybridized carbons (Fsp3) is 0.263. The fourth-order valence-electron chi connectivity index (χ4n) is 2.76. The molecule has 130 valence electrons. The third-order valence-electron chi connectivity index (χ3n) is 4.02. The molecule has 0 spiro atoms. The second kappa shape index (κ2) is 7.44. The van der Waals surface area contributed by atoms with Crippen LogP contribution in [0.4, 0.5) is 10.1 Å². The van der Waals surface area contributed by atoms with E-state index in [1.807, 2.05) is 6.92 Å². The molecule has 2 amide bonds. The van der Waals surface area contributed by atoms with Gasteiger partial charge in [-0.1, -0.05) is 12.1 Å². The maximum absolute atomic E-state index is 12.9. The van der Waals surface area contributed by atoms with Crippen LogP contribution in [0.25, 0.3) is 0 Å². The van der Waals surface area contributed by atoms with E-state index in [9.17, 15) is 14.0 Å². The predicted molar refractivity (Wildman–Crippen MR) is 91.7 cm³/mol. The number of halogens is 1. The first-order chi connectivity index (χ1) is 12.1. The van der Waals surface area contributed by atoms with Crippen molar-refractivity contribution in [2.24, 2.45) is 0 Å². The summed E-state index contributed by atoms with van der Waals surface area (Å²) in [4.78, 5) is 26.0. The van der Waals surface area contributed by atoms with Crippen LogP contribution < -0.4 is 15.0 Å². The Morgan fingerprint density at radius 1 is 1.12 bits per heavy atom. The van der Waals surface area contributed by atoms with Crippen molar-refractivity contribution >= 4 is 17.5 Å². The summed E-state index contributed by atoms with van der Waals surface area (Å²) in [6.07, 6.45) is 0.104. The van der Waals surface area contributed by atoms with Gasteiger partial charge in [-0.15, -0.1) is 0 Å². The second-order valence-corrected chi connectivity index (χ2v) is 5.76. The Hall–Kier alpha value is -2.73. The van der Waals surface area contributed by atoms with Crippen LogP contribution >= 0.6 is 0 Å². The highest BCUT2D eigenvalue weighted by Crippen LogP contribution is 2.25. The number of hydrogen-bond acceptors (Lipinski definition) is 4. The highest BCUT2D eigenvalue weighted by molar-refractivity contribution is 6.22.